The minimum Gasteiger partial charge on any atom is -0.347 e. The van der Waals surface area contributed by atoms with Gasteiger partial charge in [0.05, 0.1) is 6.04 Å². The van der Waals surface area contributed by atoms with Crippen LogP contribution in [0.4, 0.5) is 0 Å². The van der Waals surface area contributed by atoms with Crippen molar-refractivity contribution in [2.75, 3.05) is 20.6 Å². The first-order chi connectivity index (χ1) is 9.08. The fourth-order valence-corrected chi connectivity index (χ4v) is 2.83. The van der Waals surface area contributed by atoms with Gasteiger partial charge in [-0.05, 0) is 49.8 Å². The molecule has 19 heavy (non-hydrogen) atoms. The van der Waals surface area contributed by atoms with Crippen molar-refractivity contribution in [1.29, 1.82) is 0 Å². The number of likely N-dealkylation sites (N-methyl/N-ethyl adjacent to an activating group) is 1. The number of carbonyl (C=O) groups is 1. The number of nitrogens with one attached hydrogen (secondary N) is 1. The summed E-state index contributed by atoms with van der Waals surface area (Å²) in [6, 6.07) is 8.56. The molecule has 0 bridgehead atoms. The van der Waals surface area contributed by atoms with E-state index in [0.717, 1.165) is 25.8 Å². The fourth-order valence-electron chi connectivity index (χ4n) is 2.83. The summed E-state index contributed by atoms with van der Waals surface area (Å²) in [6.07, 6.45) is 3.20. The molecule has 2 rings (SSSR count). The zero-order valence-electron chi connectivity index (χ0n) is 12.1. The van der Waals surface area contributed by atoms with Gasteiger partial charge in [0.2, 0.25) is 5.91 Å². The van der Waals surface area contributed by atoms with Crippen LogP contribution in [0.1, 0.15) is 24.0 Å². The Balaban J connectivity index is 1.98. The van der Waals surface area contributed by atoms with Crippen molar-refractivity contribution in [3.05, 3.63) is 35.4 Å². The minimum atomic E-state index is -0.00207. The van der Waals surface area contributed by atoms with Gasteiger partial charge in [-0.2, -0.15) is 0 Å². The minimum absolute atomic E-state index is 0.00207. The number of hydrogen-bond donors (Lipinski definition) is 1. The molecule has 0 radical (unpaired) electrons. The highest BCUT2D eigenvalue weighted by atomic mass is 16.2. The van der Waals surface area contributed by atoms with Crippen LogP contribution in [-0.2, 0) is 11.2 Å². The van der Waals surface area contributed by atoms with Gasteiger partial charge in [-0.3, -0.25) is 4.79 Å². The third kappa shape index (κ3) is 3.57. The van der Waals surface area contributed by atoms with Gasteiger partial charge in [0.15, 0.2) is 0 Å². The van der Waals surface area contributed by atoms with E-state index < -0.39 is 0 Å². The van der Waals surface area contributed by atoms with Crippen LogP contribution in [0.2, 0.25) is 0 Å². The van der Waals surface area contributed by atoms with E-state index in [9.17, 15) is 4.79 Å². The summed E-state index contributed by atoms with van der Waals surface area (Å²) in [5.74, 6) is 0.811. The maximum atomic E-state index is 12.0. The van der Waals surface area contributed by atoms with E-state index in [1.54, 1.807) is 4.90 Å². The van der Waals surface area contributed by atoms with Crippen molar-refractivity contribution in [3.63, 3.8) is 0 Å². The van der Waals surface area contributed by atoms with Crippen LogP contribution in [0.15, 0.2) is 24.3 Å². The fraction of sp³-hybridized carbons (Fsp3) is 0.562. The topological polar surface area (TPSA) is 32.3 Å². The van der Waals surface area contributed by atoms with Crippen molar-refractivity contribution in [2.45, 2.75) is 32.2 Å². The van der Waals surface area contributed by atoms with Crippen LogP contribution >= 0.6 is 0 Å². The molecule has 1 heterocycles. The number of benzene rings is 1. The standard InChI is InChI=1S/C16H24N2O/c1-12-6-4-5-7-14(12)10-13-8-9-17-15(11-13)16(19)18(2)3/h4-7,13,15,17H,8-11H2,1-3H3. The molecule has 1 aromatic carbocycles. The maximum Gasteiger partial charge on any atom is 0.239 e. The van der Waals surface area contributed by atoms with Crippen molar-refractivity contribution in [2.24, 2.45) is 5.92 Å². The molecule has 1 saturated heterocycles. The zero-order valence-corrected chi connectivity index (χ0v) is 12.1. The first kappa shape index (κ1) is 14.1. The Morgan fingerprint density at radius 2 is 2.11 bits per heavy atom. The Kier molecular flexibility index (Phi) is 4.59. The van der Waals surface area contributed by atoms with Crippen molar-refractivity contribution in [3.8, 4) is 0 Å². The van der Waals surface area contributed by atoms with Crippen LogP contribution in [-0.4, -0.2) is 37.5 Å². The van der Waals surface area contributed by atoms with Crippen LogP contribution < -0.4 is 5.32 Å². The summed E-state index contributed by atoms with van der Waals surface area (Å²) in [4.78, 5) is 13.7. The molecule has 1 aliphatic heterocycles. The molecule has 3 heteroatoms. The van der Waals surface area contributed by atoms with E-state index in [1.807, 2.05) is 14.1 Å². The number of carbonyl (C=O) groups excluding carboxylic acids is 1. The highest BCUT2D eigenvalue weighted by Gasteiger charge is 2.27. The molecule has 104 valence electrons. The molecule has 1 aromatic rings. The Morgan fingerprint density at radius 1 is 1.37 bits per heavy atom. The summed E-state index contributed by atoms with van der Waals surface area (Å²) < 4.78 is 0. The Labute approximate surface area is 116 Å². The molecule has 1 N–H and O–H groups in total. The Morgan fingerprint density at radius 3 is 2.79 bits per heavy atom. The highest BCUT2D eigenvalue weighted by molar-refractivity contribution is 5.81. The van der Waals surface area contributed by atoms with Crippen molar-refractivity contribution >= 4 is 5.91 Å². The Hall–Kier alpha value is -1.35. The number of nitrogens with zero attached hydrogens (tertiary/aromatic N) is 1. The molecule has 2 atom stereocenters. The molecule has 0 saturated carbocycles. The highest BCUT2D eigenvalue weighted by Crippen LogP contribution is 2.23. The predicted molar refractivity (Wildman–Crippen MR) is 78.1 cm³/mol. The average Bonchev–Trinajstić information content (AvgIpc) is 2.41. The second-order valence-electron chi connectivity index (χ2n) is 5.76. The van der Waals surface area contributed by atoms with Crippen LogP contribution in [0, 0.1) is 12.8 Å². The number of piperidine rings is 1. The van der Waals surface area contributed by atoms with Gasteiger partial charge in [-0.1, -0.05) is 24.3 Å². The lowest BCUT2D eigenvalue weighted by atomic mass is 9.85. The third-order valence-electron chi connectivity index (χ3n) is 4.02. The monoisotopic (exact) mass is 260 g/mol. The van der Waals surface area contributed by atoms with E-state index in [1.165, 1.54) is 11.1 Å². The van der Waals surface area contributed by atoms with E-state index in [4.69, 9.17) is 0 Å². The van der Waals surface area contributed by atoms with Crippen molar-refractivity contribution < 1.29 is 4.79 Å². The van der Waals surface area contributed by atoms with Gasteiger partial charge >= 0.3 is 0 Å². The lowest BCUT2D eigenvalue weighted by molar-refractivity contribution is -0.131. The van der Waals surface area contributed by atoms with Gasteiger partial charge in [0.1, 0.15) is 0 Å². The Bertz CT molecular complexity index is 442. The van der Waals surface area contributed by atoms with Gasteiger partial charge < -0.3 is 10.2 Å². The van der Waals surface area contributed by atoms with Crippen LogP contribution in [0.25, 0.3) is 0 Å². The molecule has 0 spiro atoms. The lowest BCUT2D eigenvalue weighted by Crippen LogP contribution is -2.48. The zero-order chi connectivity index (χ0) is 13.8. The smallest absolute Gasteiger partial charge is 0.239 e. The number of aryl methyl sites for hydroxylation is 1. The van der Waals surface area contributed by atoms with Crippen molar-refractivity contribution in [1.82, 2.24) is 10.2 Å². The van der Waals surface area contributed by atoms with Crippen LogP contribution in [0.5, 0.6) is 0 Å². The molecular formula is C16H24N2O. The number of hydrogen-bond acceptors (Lipinski definition) is 2. The first-order valence-corrected chi connectivity index (χ1v) is 7.07. The third-order valence-corrected chi connectivity index (χ3v) is 4.02. The van der Waals surface area contributed by atoms with E-state index in [-0.39, 0.29) is 11.9 Å². The maximum absolute atomic E-state index is 12.0. The van der Waals surface area contributed by atoms with Gasteiger partial charge in [0.25, 0.3) is 0 Å². The van der Waals surface area contributed by atoms with E-state index in [0.29, 0.717) is 5.92 Å². The molecule has 1 fully saturated rings. The second kappa shape index (κ2) is 6.20. The van der Waals surface area contributed by atoms with Gasteiger partial charge in [-0.25, -0.2) is 0 Å². The summed E-state index contributed by atoms with van der Waals surface area (Å²) in [5.41, 5.74) is 2.78. The molecule has 0 aromatic heterocycles. The first-order valence-electron chi connectivity index (χ1n) is 7.07. The quantitative estimate of drug-likeness (QED) is 0.901. The summed E-state index contributed by atoms with van der Waals surface area (Å²) in [6.45, 7) is 3.11. The predicted octanol–water partition coefficient (Wildman–Crippen LogP) is 1.99. The van der Waals surface area contributed by atoms with Gasteiger partial charge in [0, 0.05) is 14.1 Å². The summed E-state index contributed by atoms with van der Waals surface area (Å²) >= 11 is 0. The normalized spacial score (nSPS) is 23.1. The second-order valence-corrected chi connectivity index (χ2v) is 5.76. The number of amides is 1. The molecule has 1 amide bonds. The van der Waals surface area contributed by atoms with E-state index in [2.05, 4.69) is 36.5 Å². The van der Waals surface area contributed by atoms with Gasteiger partial charge in [-0.15, -0.1) is 0 Å². The lowest BCUT2D eigenvalue weighted by Gasteiger charge is -2.31. The van der Waals surface area contributed by atoms with E-state index >= 15 is 0 Å². The average molecular weight is 260 g/mol. The molecular weight excluding hydrogens is 236 g/mol. The summed E-state index contributed by atoms with van der Waals surface area (Å²) in [5, 5.41) is 3.34. The van der Waals surface area contributed by atoms with Crippen LogP contribution in [0.3, 0.4) is 0 Å². The molecule has 3 nitrogen and oxygen atoms in total. The molecule has 2 unspecified atom stereocenters. The largest absolute Gasteiger partial charge is 0.347 e. The number of rotatable bonds is 3. The molecule has 1 aliphatic rings. The SMILES string of the molecule is Cc1ccccc1CC1CCNC(C(=O)N(C)C)C1. The molecule has 0 aliphatic carbocycles. The summed E-state index contributed by atoms with van der Waals surface area (Å²) in [7, 11) is 3.66.